The number of hydrogen-bond acceptors (Lipinski definition) is 4. The number of benzene rings is 3. The van der Waals surface area contributed by atoms with Gasteiger partial charge in [-0.1, -0.05) is 60.7 Å². The minimum atomic E-state index is -0.387. The monoisotopic (exact) mass is 357 g/mol. The van der Waals surface area contributed by atoms with E-state index in [-0.39, 0.29) is 5.97 Å². The molecular formula is C22H15NO2S. The second kappa shape index (κ2) is 7.33. The summed E-state index contributed by atoms with van der Waals surface area (Å²) in [6, 6.07) is 26.5. The Balaban J connectivity index is 1.72. The zero-order chi connectivity index (χ0) is 17.8. The fourth-order valence-corrected chi connectivity index (χ4v) is 3.47. The number of para-hydroxylation sites is 1. The molecule has 0 saturated heterocycles. The van der Waals surface area contributed by atoms with Crippen LogP contribution in [0.1, 0.15) is 20.9 Å². The lowest BCUT2D eigenvalue weighted by molar-refractivity contribution is 0.0693. The Hall–Kier alpha value is -3.24. The average molecular weight is 357 g/mol. The van der Waals surface area contributed by atoms with E-state index in [4.69, 9.17) is 4.74 Å². The maximum Gasteiger partial charge on any atom is 0.343 e. The molecule has 0 unspecified atom stereocenters. The van der Waals surface area contributed by atoms with Crippen LogP contribution in [0.5, 0.6) is 0 Å². The second-order valence-electron chi connectivity index (χ2n) is 5.65. The highest BCUT2D eigenvalue weighted by molar-refractivity contribution is 7.19. The van der Waals surface area contributed by atoms with Gasteiger partial charge in [0.15, 0.2) is 0 Å². The second-order valence-corrected chi connectivity index (χ2v) is 6.71. The molecule has 3 nitrogen and oxygen atoms in total. The summed E-state index contributed by atoms with van der Waals surface area (Å²) in [5, 5.41) is 0.797. The molecule has 1 aromatic heterocycles. The molecule has 0 aliphatic heterocycles. The Morgan fingerprint density at radius 1 is 0.808 bits per heavy atom. The van der Waals surface area contributed by atoms with Crippen LogP contribution in [-0.4, -0.2) is 11.0 Å². The summed E-state index contributed by atoms with van der Waals surface area (Å²) < 4.78 is 6.81. The van der Waals surface area contributed by atoms with E-state index < -0.39 is 0 Å². The van der Waals surface area contributed by atoms with Crippen molar-refractivity contribution in [2.75, 3.05) is 0 Å². The first-order chi connectivity index (χ1) is 12.8. The number of nitrogens with zero attached hydrogens (tertiary/aromatic N) is 1. The lowest BCUT2D eigenvalue weighted by Gasteiger charge is -2.09. The van der Waals surface area contributed by atoms with Crippen molar-refractivity contribution < 1.29 is 9.53 Å². The first kappa shape index (κ1) is 16.2. The maximum atomic E-state index is 12.5. The molecule has 1 heterocycles. The molecule has 0 saturated carbocycles. The molecule has 0 fully saturated rings. The van der Waals surface area contributed by atoms with Crippen molar-refractivity contribution in [3.63, 3.8) is 0 Å². The zero-order valence-electron chi connectivity index (χ0n) is 13.8. The Bertz CT molecular complexity index is 1040. The Morgan fingerprint density at radius 2 is 1.42 bits per heavy atom. The number of hydrogen-bond donors (Lipinski definition) is 0. The minimum absolute atomic E-state index is 0.387. The fraction of sp³-hybridized carbons (Fsp3) is 0. The van der Waals surface area contributed by atoms with Gasteiger partial charge < -0.3 is 4.74 Å². The van der Waals surface area contributed by atoms with Crippen molar-refractivity contribution in [1.29, 1.82) is 0 Å². The lowest BCUT2D eigenvalue weighted by atomic mass is 10.1. The van der Waals surface area contributed by atoms with Crippen molar-refractivity contribution in [2.24, 2.45) is 0 Å². The number of thiazole rings is 1. The van der Waals surface area contributed by atoms with Crippen molar-refractivity contribution in [1.82, 2.24) is 4.98 Å². The van der Waals surface area contributed by atoms with Crippen LogP contribution in [0.25, 0.3) is 22.1 Å². The third kappa shape index (κ3) is 3.55. The van der Waals surface area contributed by atoms with Crippen molar-refractivity contribution >= 4 is 39.4 Å². The summed E-state index contributed by atoms with van der Waals surface area (Å²) >= 11 is 1.56. The van der Waals surface area contributed by atoms with Gasteiger partial charge in [-0.25, -0.2) is 9.78 Å². The molecule has 0 aliphatic carbocycles. The standard InChI is InChI=1S/C22H15NO2S/c24-22(17-11-5-2-6-12-17)25-19(16-9-3-1-4-10-16)15-21-23-18-13-7-8-14-20(18)26-21/h1-15H. The van der Waals surface area contributed by atoms with Crippen LogP contribution in [0.3, 0.4) is 0 Å². The van der Waals surface area contributed by atoms with Gasteiger partial charge in [-0.05, 0) is 24.3 Å². The summed E-state index contributed by atoms with van der Waals surface area (Å²) in [7, 11) is 0. The number of carbonyl (C=O) groups is 1. The highest BCUT2D eigenvalue weighted by Crippen LogP contribution is 2.27. The van der Waals surface area contributed by atoms with Crippen molar-refractivity contribution in [3.8, 4) is 0 Å². The summed E-state index contributed by atoms with van der Waals surface area (Å²) in [5.74, 6) is 0.0975. The van der Waals surface area contributed by atoms with Gasteiger partial charge in [0.2, 0.25) is 0 Å². The first-order valence-electron chi connectivity index (χ1n) is 8.19. The summed E-state index contributed by atoms with van der Waals surface area (Å²) in [5.41, 5.74) is 2.28. The third-order valence-electron chi connectivity index (χ3n) is 3.84. The summed E-state index contributed by atoms with van der Waals surface area (Å²) in [4.78, 5) is 17.1. The van der Waals surface area contributed by atoms with E-state index in [1.807, 2.05) is 78.9 Å². The van der Waals surface area contributed by atoms with E-state index in [0.29, 0.717) is 11.3 Å². The minimum Gasteiger partial charge on any atom is -0.422 e. The Morgan fingerprint density at radius 3 is 2.12 bits per heavy atom. The van der Waals surface area contributed by atoms with Gasteiger partial charge >= 0.3 is 5.97 Å². The fourth-order valence-electron chi connectivity index (χ4n) is 2.57. The molecule has 0 spiro atoms. The highest BCUT2D eigenvalue weighted by atomic mass is 32.1. The van der Waals surface area contributed by atoms with Gasteiger partial charge in [0.05, 0.1) is 15.8 Å². The molecule has 4 heteroatoms. The van der Waals surface area contributed by atoms with Gasteiger partial charge in [-0.15, -0.1) is 11.3 Å². The van der Waals surface area contributed by atoms with Gasteiger partial charge in [-0.3, -0.25) is 0 Å². The number of ether oxygens (including phenoxy) is 1. The van der Waals surface area contributed by atoms with E-state index in [9.17, 15) is 4.79 Å². The SMILES string of the molecule is O=C(OC(=Cc1nc2ccccc2s1)c1ccccc1)c1ccccc1. The van der Waals surface area contributed by atoms with Crippen molar-refractivity contribution in [3.05, 3.63) is 101 Å². The molecule has 0 amide bonds. The van der Waals surface area contributed by atoms with Gasteiger partial charge in [0.25, 0.3) is 0 Å². The molecule has 126 valence electrons. The normalized spacial score (nSPS) is 11.5. The summed E-state index contributed by atoms with van der Waals surface area (Å²) in [6.45, 7) is 0. The molecule has 3 aromatic carbocycles. The molecule has 0 radical (unpaired) electrons. The Kier molecular flexibility index (Phi) is 4.58. The van der Waals surface area contributed by atoms with E-state index in [0.717, 1.165) is 20.8 Å². The molecule has 0 atom stereocenters. The Labute approximate surface area is 155 Å². The number of esters is 1. The molecule has 26 heavy (non-hydrogen) atoms. The highest BCUT2D eigenvalue weighted by Gasteiger charge is 2.13. The van der Waals surface area contributed by atoms with E-state index in [2.05, 4.69) is 4.98 Å². The van der Waals surface area contributed by atoms with Crippen molar-refractivity contribution in [2.45, 2.75) is 0 Å². The van der Waals surface area contributed by atoms with E-state index >= 15 is 0 Å². The van der Waals surface area contributed by atoms with Gasteiger partial charge in [-0.2, -0.15) is 0 Å². The third-order valence-corrected chi connectivity index (χ3v) is 4.82. The molecule has 0 bridgehead atoms. The van der Waals surface area contributed by atoms with E-state index in [1.54, 1.807) is 23.5 Å². The predicted octanol–water partition coefficient (Wildman–Crippen LogP) is 5.65. The van der Waals surface area contributed by atoms with Crippen LogP contribution in [0, 0.1) is 0 Å². The molecular weight excluding hydrogens is 342 g/mol. The quantitative estimate of drug-likeness (QED) is 0.350. The van der Waals surface area contributed by atoms with Crippen LogP contribution in [-0.2, 0) is 4.74 Å². The number of carbonyl (C=O) groups excluding carboxylic acids is 1. The van der Waals surface area contributed by atoms with Crippen LogP contribution >= 0.6 is 11.3 Å². The molecule has 0 N–H and O–H groups in total. The topological polar surface area (TPSA) is 39.2 Å². The van der Waals surface area contributed by atoms with Gasteiger partial charge in [0.1, 0.15) is 10.8 Å². The van der Waals surface area contributed by atoms with Crippen LogP contribution in [0.4, 0.5) is 0 Å². The average Bonchev–Trinajstić information content (AvgIpc) is 3.11. The maximum absolute atomic E-state index is 12.5. The number of rotatable bonds is 4. The van der Waals surface area contributed by atoms with Crippen LogP contribution in [0.2, 0.25) is 0 Å². The molecule has 4 aromatic rings. The predicted molar refractivity (Wildman–Crippen MR) is 106 cm³/mol. The molecule has 0 aliphatic rings. The first-order valence-corrected chi connectivity index (χ1v) is 9.01. The van der Waals surface area contributed by atoms with Gasteiger partial charge in [0, 0.05) is 11.6 Å². The lowest BCUT2D eigenvalue weighted by Crippen LogP contribution is -2.04. The molecule has 4 rings (SSSR count). The smallest absolute Gasteiger partial charge is 0.343 e. The largest absolute Gasteiger partial charge is 0.422 e. The summed E-state index contributed by atoms with van der Waals surface area (Å²) in [6.07, 6.45) is 1.82. The number of aromatic nitrogens is 1. The number of fused-ring (bicyclic) bond motifs is 1. The zero-order valence-corrected chi connectivity index (χ0v) is 14.6. The van der Waals surface area contributed by atoms with Crippen LogP contribution < -0.4 is 0 Å². The van der Waals surface area contributed by atoms with Crippen LogP contribution in [0.15, 0.2) is 84.9 Å². The van der Waals surface area contributed by atoms with E-state index in [1.165, 1.54) is 0 Å².